The van der Waals surface area contributed by atoms with Gasteiger partial charge in [0.05, 0.1) is 6.42 Å². The van der Waals surface area contributed by atoms with E-state index >= 15 is 0 Å². The summed E-state index contributed by atoms with van der Waals surface area (Å²) in [5.74, 6) is 0.100. The minimum absolute atomic E-state index is 0.350. The Morgan fingerprint density at radius 1 is 1.60 bits per heavy atom. The van der Waals surface area contributed by atoms with E-state index in [0.29, 0.717) is 5.75 Å². The summed E-state index contributed by atoms with van der Waals surface area (Å²) in [4.78, 5) is 0. The molecule has 0 unspecified atom stereocenters. The maximum Gasteiger partial charge on any atom is 0.574 e. The second-order valence-electron chi connectivity index (χ2n) is 1.48. The van der Waals surface area contributed by atoms with Crippen molar-refractivity contribution in [3.63, 3.8) is 0 Å². The van der Waals surface area contributed by atoms with Gasteiger partial charge in [0.1, 0.15) is 0 Å². The van der Waals surface area contributed by atoms with Gasteiger partial charge in [0, 0.05) is 5.75 Å². The zero-order valence-electron chi connectivity index (χ0n) is 4.68. The third kappa shape index (κ3) is 2.47. The zero-order valence-corrected chi connectivity index (χ0v) is 5.50. The van der Waals surface area contributed by atoms with Gasteiger partial charge in [-0.3, -0.25) is 0 Å². The minimum atomic E-state index is -4.61. The van der Waals surface area contributed by atoms with Crippen LogP contribution >= 0.6 is 11.9 Å². The summed E-state index contributed by atoms with van der Waals surface area (Å²) in [6.45, 7) is 0. The molecule has 57 valence electrons. The number of hydrogen-bond acceptors (Lipinski definition) is 3. The molecule has 0 amide bonds. The Morgan fingerprint density at radius 2 is 2.30 bits per heavy atom. The van der Waals surface area contributed by atoms with Gasteiger partial charge in [-0.05, 0) is 11.9 Å². The minimum Gasteiger partial charge on any atom is -0.391 e. The number of halogens is 3. The van der Waals surface area contributed by atoms with Crippen molar-refractivity contribution in [3.05, 3.63) is 6.42 Å². The fraction of sp³-hybridized carbons (Fsp3) is 0.500. The highest BCUT2D eigenvalue weighted by Gasteiger charge is 2.33. The van der Waals surface area contributed by atoms with Gasteiger partial charge in [-0.15, -0.1) is 13.2 Å². The van der Waals surface area contributed by atoms with E-state index < -0.39 is 6.36 Å². The molecule has 1 aliphatic rings. The number of alkyl halides is 3. The molecular weight excluding hydrogens is 167 g/mol. The molecule has 2 nitrogen and oxygen atoms in total. The normalized spacial score (nSPS) is 18.9. The second-order valence-corrected chi connectivity index (χ2v) is 2.25. The molecule has 0 N–H and O–H groups in total. The van der Waals surface area contributed by atoms with Gasteiger partial charge < -0.3 is 4.74 Å². The molecule has 1 heterocycles. The van der Waals surface area contributed by atoms with Gasteiger partial charge in [0.2, 0.25) is 5.90 Å². The van der Waals surface area contributed by atoms with E-state index in [9.17, 15) is 13.2 Å². The van der Waals surface area contributed by atoms with E-state index in [1.807, 2.05) is 0 Å². The van der Waals surface area contributed by atoms with Crippen LogP contribution in [0.1, 0.15) is 0 Å². The summed E-state index contributed by atoms with van der Waals surface area (Å²) in [5, 5.41) is 0. The molecule has 0 aromatic carbocycles. The first kappa shape index (κ1) is 7.71. The van der Waals surface area contributed by atoms with Crippen molar-refractivity contribution in [3.8, 4) is 0 Å². The van der Waals surface area contributed by atoms with Crippen LogP contribution in [0.3, 0.4) is 0 Å². The van der Waals surface area contributed by atoms with Gasteiger partial charge in [-0.1, -0.05) is 0 Å². The molecule has 6 heteroatoms. The Kier molecular flexibility index (Phi) is 2.08. The van der Waals surface area contributed by atoms with E-state index in [1.54, 1.807) is 0 Å². The van der Waals surface area contributed by atoms with Crippen molar-refractivity contribution >= 4 is 17.8 Å². The lowest BCUT2D eigenvalue weighted by Gasteiger charge is -2.05. The van der Waals surface area contributed by atoms with Crippen LogP contribution in [0.15, 0.2) is 4.40 Å². The van der Waals surface area contributed by atoms with E-state index in [-0.39, 0.29) is 5.90 Å². The molecule has 1 radical (unpaired) electrons. The van der Waals surface area contributed by atoms with Crippen LogP contribution in [-0.2, 0) is 4.74 Å². The Balaban J connectivity index is 2.38. The van der Waals surface area contributed by atoms with Crippen LogP contribution in [0.2, 0.25) is 0 Å². The van der Waals surface area contributed by atoms with E-state index in [0.717, 1.165) is 11.9 Å². The number of nitrogens with zero attached hydrogens (tertiary/aromatic N) is 1. The van der Waals surface area contributed by atoms with Crippen molar-refractivity contribution in [1.82, 2.24) is 0 Å². The smallest absolute Gasteiger partial charge is 0.391 e. The Bertz CT molecular complexity index is 155. The van der Waals surface area contributed by atoms with Crippen LogP contribution in [0.4, 0.5) is 13.2 Å². The predicted molar refractivity (Wildman–Crippen MR) is 31.3 cm³/mol. The maximum absolute atomic E-state index is 11.4. The summed E-state index contributed by atoms with van der Waals surface area (Å²) in [5.41, 5.74) is 0. The molecule has 0 saturated carbocycles. The van der Waals surface area contributed by atoms with Crippen molar-refractivity contribution < 1.29 is 17.9 Å². The average Bonchev–Trinajstić information content (AvgIpc) is 2.12. The summed E-state index contributed by atoms with van der Waals surface area (Å²) in [6.07, 6.45) is -3.33. The standard InChI is InChI=1S/C4H3F3NOS/c5-4(6,7)9-3-1-2-10-8-3/h1H,2H2. The van der Waals surface area contributed by atoms with Gasteiger partial charge in [-0.2, -0.15) is 4.40 Å². The fourth-order valence-electron chi connectivity index (χ4n) is 0.426. The highest BCUT2D eigenvalue weighted by Crippen LogP contribution is 2.22. The summed E-state index contributed by atoms with van der Waals surface area (Å²) >= 11 is 1.03. The number of rotatable bonds is 0. The van der Waals surface area contributed by atoms with Crippen LogP contribution in [0.5, 0.6) is 0 Å². The van der Waals surface area contributed by atoms with Crippen LogP contribution in [0, 0.1) is 6.42 Å². The number of ether oxygens (including phenoxy) is 1. The zero-order chi connectivity index (χ0) is 7.61. The lowest BCUT2D eigenvalue weighted by molar-refractivity contribution is -0.283. The quantitative estimate of drug-likeness (QED) is 0.517. The molecule has 1 rings (SSSR count). The van der Waals surface area contributed by atoms with Gasteiger partial charge in [0.15, 0.2) is 0 Å². The SMILES string of the molecule is FC(F)(F)OC1=NSC[CH]1. The second kappa shape index (κ2) is 2.69. The molecule has 1 aliphatic heterocycles. The molecule has 0 saturated heterocycles. The van der Waals surface area contributed by atoms with Crippen molar-refractivity contribution in [2.24, 2.45) is 4.40 Å². The molecule has 0 bridgehead atoms. The molecule has 0 aliphatic carbocycles. The summed E-state index contributed by atoms with van der Waals surface area (Å²) < 4.78 is 41.0. The lowest BCUT2D eigenvalue weighted by Crippen LogP contribution is -2.18. The monoisotopic (exact) mass is 170 g/mol. The molecule has 0 aromatic rings. The highest BCUT2D eigenvalue weighted by atomic mass is 32.2. The summed E-state index contributed by atoms with van der Waals surface area (Å²) in [6, 6.07) is 0. The van der Waals surface area contributed by atoms with Crippen LogP contribution < -0.4 is 0 Å². The predicted octanol–water partition coefficient (Wildman–Crippen LogP) is 1.79. The third-order valence-corrected chi connectivity index (χ3v) is 1.33. The maximum atomic E-state index is 11.4. The van der Waals surface area contributed by atoms with Crippen molar-refractivity contribution in [2.45, 2.75) is 6.36 Å². The van der Waals surface area contributed by atoms with Gasteiger partial charge in [-0.25, -0.2) is 0 Å². The number of hydrogen-bond donors (Lipinski definition) is 0. The van der Waals surface area contributed by atoms with Crippen molar-refractivity contribution in [2.75, 3.05) is 5.75 Å². The molecular formula is C4H3F3NOS. The van der Waals surface area contributed by atoms with Gasteiger partial charge >= 0.3 is 6.36 Å². The largest absolute Gasteiger partial charge is 0.574 e. The Hall–Kier alpha value is -0.390. The van der Waals surface area contributed by atoms with E-state index in [1.165, 1.54) is 6.42 Å². The first-order valence-corrected chi connectivity index (χ1v) is 3.31. The van der Waals surface area contributed by atoms with E-state index in [2.05, 4.69) is 9.13 Å². The van der Waals surface area contributed by atoms with E-state index in [4.69, 9.17) is 0 Å². The summed E-state index contributed by atoms with van der Waals surface area (Å²) in [7, 11) is 0. The first-order valence-electron chi connectivity index (χ1n) is 2.37. The first-order chi connectivity index (χ1) is 4.58. The average molecular weight is 170 g/mol. The molecule has 0 spiro atoms. The Morgan fingerprint density at radius 3 is 2.70 bits per heavy atom. The fourth-order valence-corrected chi connectivity index (χ4v) is 0.956. The Labute approximate surface area is 59.6 Å². The van der Waals surface area contributed by atoms with Gasteiger partial charge in [0.25, 0.3) is 0 Å². The highest BCUT2D eigenvalue weighted by molar-refractivity contribution is 7.98. The molecule has 0 fully saturated rings. The molecule has 10 heavy (non-hydrogen) atoms. The topological polar surface area (TPSA) is 21.6 Å². The van der Waals surface area contributed by atoms with Crippen LogP contribution in [-0.4, -0.2) is 18.0 Å². The lowest BCUT2D eigenvalue weighted by atomic mass is 10.5. The molecule has 0 aromatic heterocycles. The van der Waals surface area contributed by atoms with Crippen LogP contribution in [0.25, 0.3) is 0 Å². The van der Waals surface area contributed by atoms with Crippen molar-refractivity contribution in [1.29, 1.82) is 0 Å². The molecule has 0 atom stereocenters. The third-order valence-electron chi connectivity index (χ3n) is 0.707.